The van der Waals surface area contributed by atoms with E-state index in [1.807, 2.05) is 12.2 Å². The molecule has 5 rings (SSSR count). The van der Waals surface area contributed by atoms with Crippen molar-refractivity contribution in [1.29, 1.82) is 0 Å². The van der Waals surface area contributed by atoms with Crippen LogP contribution in [0.25, 0.3) is 11.0 Å². The van der Waals surface area contributed by atoms with E-state index in [1.54, 1.807) is 18.2 Å². The van der Waals surface area contributed by atoms with Gasteiger partial charge in [0, 0.05) is 18.8 Å². The molecule has 1 saturated heterocycles. The summed E-state index contributed by atoms with van der Waals surface area (Å²) in [6.07, 6.45) is -3.01. The first kappa shape index (κ1) is 22.9. The molecule has 2 aliphatic rings. The van der Waals surface area contributed by atoms with Crippen molar-refractivity contribution in [2.24, 2.45) is 0 Å². The average molecular weight is 488 g/mol. The molecule has 0 radical (unpaired) electrons. The first-order valence-corrected chi connectivity index (χ1v) is 11.2. The van der Waals surface area contributed by atoms with Crippen LogP contribution in [0.2, 0.25) is 0 Å². The fourth-order valence-electron chi connectivity index (χ4n) is 4.42. The highest BCUT2D eigenvalue weighted by molar-refractivity contribution is 6.07. The number of H-pyrrole nitrogens is 1. The van der Waals surface area contributed by atoms with Crippen LogP contribution in [0.3, 0.4) is 0 Å². The smallest absolute Gasteiger partial charge is 0.366 e. The lowest BCUT2D eigenvalue weighted by molar-refractivity contribution is -0.149. The quantitative estimate of drug-likeness (QED) is 0.520. The lowest BCUT2D eigenvalue weighted by Gasteiger charge is -2.45. The summed E-state index contributed by atoms with van der Waals surface area (Å²) < 4.78 is 38.8. The van der Waals surface area contributed by atoms with Gasteiger partial charge in [-0.2, -0.15) is 18.3 Å². The molecule has 35 heavy (non-hydrogen) atoms. The minimum Gasteiger partial charge on any atom is -0.366 e. The van der Waals surface area contributed by atoms with E-state index in [2.05, 4.69) is 30.4 Å². The minimum atomic E-state index is -4.59. The number of nitrogens with one attached hydrogen (secondary N) is 3. The lowest BCUT2D eigenvalue weighted by Crippen LogP contribution is -2.56. The van der Waals surface area contributed by atoms with Crippen LogP contribution in [-0.2, 0) is 0 Å². The first-order chi connectivity index (χ1) is 16.6. The molecule has 1 fully saturated rings. The Morgan fingerprint density at radius 2 is 2.00 bits per heavy atom. The Morgan fingerprint density at radius 3 is 2.77 bits per heavy atom. The zero-order valence-corrected chi connectivity index (χ0v) is 19.0. The molecule has 3 aromatic heterocycles. The van der Waals surface area contributed by atoms with Crippen molar-refractivity contribution < 1.29 is 22.8 Å². The van der Waals surface area contributed by atoms with Gasteiger partial charge in [0.1, 0.15) is 11.7 Å². The maximum absolute atomic E-state index is 13.5. The topological polar surface area (TPSA) is 119 Å². The number of rotatable bonds is 3. The van der Waals surface area contributed by atoms with Crippen molar-refractivity contribution in [3.63, 3.8) is 0 Å². The molecular formula is C22H23F3N8O2. The number of carbonyl (C=O) groups excluding carboxylic acids is 2. The van der Waals surface area contributed by atoms with Crippen LogP contribution in [0.1, 0.15) is 35.9 Å². The van der Waals surface area contributed by atoms with E-state index in [9.17, 15) is 22.8 Å². The second kappa shape index (κ2) is 8.40. The fourth-order valence-corrected chi connectivity index (χ4v) is 4.42. The van der Waals surface area contributed by atoms with E-state index in [1.165, 1.54) is 11.0 Å². The van der Waals surface area contributed by atoms with Crippen LogP contribution in [0.15, 0.2) is 24.3 Å². The van der Waals surface area contributed by atoms with Crippen LogP contribution in [0.5, 0.6) is 0 Å². The first-order valence-electron chi connectivity index (χ1n) is 11.2. The van der Waals surface area contributed by atoms with Crippen molar-refractivity contribution in [3.8, 4) is 0 Å². The zero-order chi connectivity index (χ0) is 24.9. The van der Waals surface area contributed by atoms with Crippen molar-refractivity contribution in [3.05, 3.63) is 35.7 Å². The van der Waals surface area contributed by atoms with E-state index in [0.29, 0.717) is 35.5 Å². The molecule has 0 spiro atoms. The molecule has 3 N–H and O–H groups in total. The molecule has 10 nitrogen and oxygen atoms in total. The highest BCUT2D eigenvalue weighted by Crippen LogP contribution is 2.38. The molecule has 3 aromatic rings. The number of hydrogen-bond donors (Lipinski definition) is 3. The monoisotopic (exact) mass is 488 g/mol. The molecule has 0 aromatic carbocycles. The molecule has 3 amide bonds. The Bertz CT molecular complexity index is 1310. The Balaban J connectivity index is 1.47. The number of halogens is 3. The number of alkyl halides is 3. The number of amides is 3. The minimum absolute atomic E-state index is 0.205. The zero-order valence-electron chi connectivity index (χ0n) is 19.0. The van der Waals surface area contributed by atoms with Crippen LogP contribution >= 0.6 is 0 Å². The number of pyridine rings is 2. The number of anilines is 3. The van der Waals surface area contributed by atoms with Gasteiger partial charge in [0.15, 0.2) is 17.3 Å². The SMILES string of the molecule is Cc1ccc2c(NC(=O)N3c4nc(C(=O)NC(C)C(F)(F)F)ccc4N4CCC[C@H]3C4)n[nH]c2n1. The molecule has 1 unspecified atom stereocenters. The third kappa shape index (κ3) is 4.21. The normalized spacial score (nSPS) is 18.3. The van der Waals surface area contributed by atoms with Gasteiger partial charge in [-0.15, -0.1) is 0 Å². The number of nitrogens with zero attached hydrogens (tertiary/aromatic N) is 5. The fraction of sp³-hybridized carbons (Fsp3) is 0.409. The van der Waals surface area contributed by atoms with Crippen LogP contribution in [-0.4, -0.2) is 63.5 Å². The summed E-state index contributed by atoms with van der Waals surface area (Å²) in [5.74, 6) is -0.451. The number of urea groups is 1. The van der Waals surface area contributed by atoms with Crippen LogP contribution in [0, 0.1) is 6.92 Å². The standard InChI is InChI=1S/C22H23F3N8O2/c1-11-5-6-14-17(26-11)30-31-18(14)29-21(35)33-13-4-3-9-32(10-13)16-8-7-15(28-19(16)33)20(34)27-12(2)22(23,24)25/h5-8,12-13H,3-4,9-10H2,1-2H3,(H,27,34)(H2,26,29,30,31,35)/t12?,13-/m0/s1. The Hall–Kier alpha value is -3.90. The number of piperidine rings is 1. The second-order valence-corrected chi connectivity index (χ2v) is 8.74. The molecule has 0 aliphatic carbocycles. The molecule has 2 atom stereocenters. The third-order valence-corrected chi connectivity index (χ3v) is 6.26. The highest BCUT2D eigenvalue weighted by Gasteiger charge is 2.40. The molecule has 0 saturated carbocycles. The predicted molar refractivity (Wildman–Crippen MR) is 123 cm³/mol. The molecule has 13 heteroatoms. The summed E-state index contributed by atoms with van der Waals surface area (Å²) in [4.78, 5) is 38.2. The van der Waals surface area contributed by atoms with E-state index in [-0.39, 0.29) is 17.6 Å². The number of aromatic amines is 1. The largest absolute Gasteiger partial charge is 0.408 e. The van der Waals surface area contributed by atoms with Crippen LogP contribution < -0.4 is 20.4 Å². The Morgan fingerprint density at radius 1 is 1.20 bits per heavy atom. The van der Waals surface area contributed by atoms with Crippen LogP contribution in [0.4, 0.5) is 35.3 Å². The highest BCUT2D eigenvalue weighted by atomic mass is 19.4. The van der Waals surface area contributed by atoms with E-state index < -0.39 is 24.2 Å². The third-order valence-electron chi connectivity index (χ3n) is 6.26. The Labute approximate surface area is 197 Å². The summed E-state index contributed by atoms with van der Waals surface area (Å²) >= 11 is 0. The number of carbonyl (C=O) groups is 2. The summed E-state index contributed by atoms with van der Waals surface area (Å²) in [5.41, 5.74) is 1.75. The summed E-state index contributed by atoms with van der Waals surface area (Å²) in [5, 5.41) is 12.3. The number of aryl methyl sites for hydroxylation is 1. The van der Waals surface area contributed by atoms with Gasteiger partial charge >= 0.3 is 12.2 Å². The second-order valence-electron chi connectivity index (χ2n) is 8.74. The van der Waals surface area contributed by atoms with E-state index in [0.717, 1.165) is 25.6 Å². The summed E-state index contributed by atoms with van der Waals surface area (Å²) in [7, 11) is 0. The molecule has 2 aliphatic heterocycles. The average Bonchev–Trinajstić information content (AvgIpc) is 3.19. The lowest BCUT2D eigenvalue weighted by atomic mass is 9.99. The summed E-state index contributed by atoms with van der Waals surface area (Å²) in [6.45, 7) is 4.04. The Kier molecular flexibility index (Phi) is 5.49. The van der Waals surface area contributed by atoms with Gasteiger partial charge in [-0.25, -0.2) is 14.8 Å². The maximum atomic E-state index is 13.5. The van der Waals surface area contributed by atoms with Gasteiger partial charge in [-0.1, -0.05) is 0 Å². The van der Waals surface area contributed by atoms with Crippen molar-refractivity contribution in [2.75, 3.05) is 28.2 Å². The molecule has 184 valence electrons. The number of fused-ring (bicyclic) bond motifs is 5. The number of aromatic nitrogens is 4. The van der Waals surface area contributed by atoms with Gasteiger partial charge < -0.3 is 10.2 Å². The van der Waals surface area contributed by atoms with Crippen molar-refractivity contribution in [1.82, 2.24) is 25.5 Å². The molecule has 5 heterocycles. The van der Waals surface area contributed by atoms with E-state index >= 15 is 0 Å². The van der Waals surface area contributed by atoms with Gasteiger partial charge in [0.2, 0.25) is 0 Å². The molecule has 2 bridgehead atoms. The van der Waals surface area contributed by atoms with Gasteiger partial charge in [0.25, 0.3) is 5.91 Å². The van der Waals surface area contributed by atoms with Crippen molar-refractivity contribution >= 4 is 40.3 Å². The van der Waals surface area contributed by atoms with Gasteiger partial charge in [-0.3, -0.25) is 20.1 Å². The van der Waals surface area contributed by atoms with Gasteiger partial charge in [0.05, 0.1) is 17.1 Å². The van der Waals surface area contributed by atoms with E-state index in [4.69, 9.17) is 0 Å². The molecular weight excluding hydrogens is 465 g/mol. The summed E-state index contributed by atoms with van der Waals surface area (Å²) in [6, 6.07) is 3.83. The number of hydrogen-bond acceptors (Lipinski definition) is 6. The van der Waals surface area contributed by atoms with Gasteiger partial charge in [-0.05, 0) is 51.0 Å². The maximum Gasteiger partial charge on any atom is 0.408 e. The van der Waals surface area contributed by atoms with Crippen molar-refractivity contribution in [2.45, 2.75) is 44.9 Å². The predicted octanol–water partition coefficient (Wildman–Crippen LogP) is 3.36.